The van der Waals surface area contributed by atoms with E-state index in [-0.39, 0.29) is 36.1 Å². The Hall–Kier alpha value is -3.70. The summed E-state index contributed by atoms with van der Waals surface area (Å²) in [6.45, 7) is 6.06. The van der Waals surface area contributed by atoms with Crippen molar-refractivity contribution in [3.63, 3.8) is 0 Å². The number of esters is 2. The van der Waals surface area contributed by atoms with Gasteiger partial charge in [-0.15, -0.1) is 0 Å². The van der Waals surface area contributed by atoms with E-state index in [9.17, 15) is 19.7 Å². The minimum Gasteiger partial charge on any atom is -0.465 e. The molecule has 0 spiro atoms. The number of hydrogen-bond acceptors (Lipinski definition) is 10. The number of rotatable bonds is 13. The van der Waals surface area contributed by atoms with Crippen LogP contribution in [0.4, 0.5) is 22.7 Å². The summed E-state index contributed by atoms with van der Waals surface area (Å²) in [5.74, 6) is -0.842. The minimum absolute atomic E-state index is 0.0627. The third-order valence-corrected chi connectivity index (χ3v) is 5.93. The van der Waals surface area contributed by atoms with Gasteiger partial charge in [0.25, 0.3) is 5.69 Å². The zero-order valence-electron chi connectivity index (χ0n) is 21.3. The Morgan fingerprint density at radius 1 is 1.03 bits per heavy atom. The Kier molecular flexibility index (Phi) is 10.7. The molecule has 0 aliphatic carbocycles. The van der Waals surface area contributed by atoms with E-state index in [1.807, 2.05) is 24.3 Å². The van der Waals surface area contributed by atoms with Crippen molar-refractivity contribution in [3.05, 3.63) is 58.1 Å². The summed E-state index contributed by atoms with van der Waals surface area (Å²) in [5, 5.41) is 14.8. The number of unbranched alkanes of at least 4 members (excludes halogenated alkanes) is 1. The van der Waals surface area contributed by atoms with Crippen molar-refractivity contribution in [3.8, 4) is 0 Å². The van der Waals surface area contributed by atoms with Crippen molar-refractivity contribution in [2.24, 2.45) is 0 Å². The highest BCUT2D eigenvalue weighted by molar-refractivity contribution is 5.91. The topological polar surface area (TPSA) is 123 Å². The Bertz CT molecular complexity index is 1070. The molecular weight excluding hydrogens is 480 g/mol. The van der Waals surface area contributed by atoms with Gasteiger partial charge in [-0.2, -0.15) is 0 Å². The number of nitrogens with one attached hydrogen (secondary N) is 1. The molecule has 0 saturated carbocycles. The van der Waals surface area contributed by atoms with Crippen LogP contribution in [-0.4, -0.2) is 81.4 Å². The van der Waals surface area contributed by atoms with Gasteiger partial charge < -0.3 is 24.4 Å². The first kappa shape index (κ1) is 27.9. The Labute approximate surface area is 216 Å². The number of benzene rings is 2. The average Bonchev–Trinajstić information content (AvgIpc) is 2.89. The van der Waals surface area contributed by atoms with Crippen molar-refractivity contribution < 1.29 is 28.7 Å². The SMILES string of the molecule is CCCCOC(=O)CN1CCN(c2cccc(Nc3ccc(C(=O)OCCOC)cc3[N+](=O)[O-])c2)CC1. The quantitative estimate of drug-likeness (QED) is 0.183. The van der Waals surface area contributed by atoms with Crippen LogP contribution >= 0.6 is 0 Å². The lowest BCUT2D eigenvalue weighted by Gasteiger charge is -2.35. The maximum Gasteiger partial charge on any atom is 0.338 e. The fraction of sp³-hybridized carbons (Fsp3) is 0.462. The molecule has 2 aromatic rings. The van der Waals surface area contributed by atoms with E-state index in [4.69, 9.17) is 14.2 Å². The highest BCUT2D eigenvalue weighted by Crippen LogP contribution is 2.30. The van der Waals surface area contributed by atoms with Gasteiger partial charge in [0, 0.05) is 50.7 Å². The number of hydrogen-bond donors (Lipinski definition) is 1. The molecule has 11 heteroatoms. The van der Waals surface area contributed by atoms with Crippen LogP contribution < -0.4 is 10.2 Å². The highest BCUT2D eigenvalue weighted by Gasteiger charge is 2.21. The molecular formula is C26H34N4O7. The Morgan fingerprint density at radius 3 is 2.51 bits per heavy atom. The highest BCUT2D eigenvalue weighted by atomic mass is 16.6. The number of methoxy groups -OCH3 is 1. The zero-order valence-corrected chi connectivity index (χ0v) is 21.3. The summed E-state index contributed by atoms with van der Waals surface area (Å²) in [5.41, 5.74) is 1.77. The van der Waals surface area contributed by atoms with Crippen molar-refractivity contribution in [2.45, 2.75) is 19.8 Å². The average molecular weight is 515 g/mol. The lowest BCUT2D eigenvalue weighted by molar-refractivity contribution is -0.383. The second-order valence-electron chi connectivity index (χ2n) is 8.63. The van der Waals surface area contributed by atoms with Gasteiger partial charge >= 0.3 is 11.9 Å². The van der Waals surface area contributed by atoms with Crippen LogP contribution in [0.15, 0.2) is 42.5 Å². The number of piperazine rings is 1. The maximum atomic E-state index is 12.2. The normalized spacial score (nSPS) is 13.7. The molecule has 1 fully saturated rings. The van der Waals surface area contributed by atoms with Gasteiger partial charge in [0.05, 0.1) is 30.2 Å². The fourth-order valence-corrected chi connectivity index (χ4v) is 3.88. The van der Waals surface area contributed by atoms with E-state index in [2.05, 4.69) is 22.0 Å². The lowest BCUT2D eigenvalue weighted by Crippen LogP contribution is -2.48. The van der Waals surface area contributed by atoms with Gasteiger partial charge in [-0.25, -0.2) is 4.79 Å². The molecule has 0 aromatic heterocycles. The number of nitro groups is 1. The number of carbonyl (C=O) groups is 2. The van der Waals surface area contributed by atoms with Gasteiger partial charge in [-0.3, -0.25) is 19.8 Å². The molecule has 1 saturated heterocycles. The summed E-state index contributed by atoms with van der Waals surface area (Å²) >= 11 is 0. The predicted molar refractivity (Wildman–Crippen MR) is 139 cm³/mol. The van der Waals surface area contributed by atoms with Crippen molar-refractivity contribution in [1.29, 1.82) is 0 Å². The van der Waals surface area contributed by atoms with Crippen molar-refractivity contribution in [2.75, 3.05) is 69.9 Å². The van der Waals surface area contributed by atoms with Gasteiger partial charge in [0.1, 0.15) is 12.3 Å². The molecule has 1 N–H and O–H groups in total. The summed E-state index contributed by atoms with van der Waals surface area (Å²) < 4.78 is 15.2. The molecule has 2 aromatic carbocycles. The molecule has 0 bridgehead atoms. The van der Waals surface area contributed by atoms with Crippen LogP contribution in [0.2, 0.25) is 0 Å². The predicted octanol–water partition coefficient (Wildman–Crippen LogP) is 3.61. The number of nitrogens with zero attached hydrogens (tertiary/aromatic N) is 3. The van der Waals surface area contributed by atoms with Crippen molar-refractivity contribution in [1.82, 2.24) is 4.90 Å². The van der Waals surface area contributed by atoms with Crippen molar-refractivity contribution >= 4 is 34.7 Å². The molecule has 0 radical (unpaired) electrons. The fourth-order valence-electron chi connectivity index (χ4n) is 3.88. The number of carbonyl (C=O) groups excluding carboxylic acids is 2. The van der Waals surface area contributed by atoms with E-state index in [1.165, 1.54) is 25.3 Å². The molecule has 3 rings (SSSR count). The molecule has 0 unspecified atom stereocenters. The van der Waals surface area contributed by atoms with Gasteiger partial charge in [-0.05, 0) is 36.8 Å². The van der Waals surface area contributed by atoms with Gasteiger partial charge in [0.2, 0.25) is 0 Å². The van der Waals surface area contributed by atoms with Gasteiger partial charge in [0.15, 0.2) is 0 Å². The van der Waals surface area contributed by atoms with E-state index in [0.29, 0.717) is 18.8 Å². The summed E-state index contributed by atoms with van der Waals surface area (Å²) in [6, 6.07) is 11.8. The van der Waals surface area contributed by atoms with Crippen LogP contribution in [-0.2, 0) is 19.0 Å². The Balaban J connectivity index is 1.61. The van der Waals surface area contributed by atoms with Crippen LogP contribution in [0, 0.1) is 10.1 Å². The molecule has 11 nitrogen and oxygen atoms in total. The third kappa shape index (κ3) is 8.43. The second kappa shape index (κ2) is 14.1. The van der Waals surface area contributed by atoms with E-state index >= 15 is 0 Å². The van der Waals surface area contributed by atoms with Crippen LogP contribution in [0.1, 0.15) is 30.1 Å². The number of anilines is 3. The Morgan fingerprint density at radius 2 is 1.81 bits per heavy atom. The smallest absolute Gasteiger partial charge is 0.338 e. The molecule has 37 heavy (non-hydrogen) atoms. The first-order valence-corrected chi connectivity index (χ1v) is 12.4. The summed E-state index contributed by atoms with van der Waals surface area (Å²) in [7, 11) is 1.49. The first-order chi connectivity index (χ1) is 17.9. The molecule has 200 valence electrons. The monoisotopic (exact) mass is 514 g/mol. The lowest BCUT2D eigenvalue weighted by atomic mass is 10.1. The number of ether oxygens (including phenoxy) is 3. The molecule has 0 amide bonds. The van der Waals surface area contributed by atoms with E-state index < -0.39 is 10.9 Å². The molecule has 0 atom stereocenters. The molecule has 1 aliphatic rings. The zero-order chi connectivity index (χ0) is 26.6. The minimum atomic E-state index is -0.651. The van der Waals surface area contributed by atoms with E-state index in [0.717, 1.165) is 44.7 Å². The summed E-state index contributed by atoms with van der Waals surface area (Å²) in [6.07, 6.45) is 1.86. The van der Waals surface area contributed by atoms with Crippen LogP contribution in [0.3, 0.4) is 0 Å². The first-order valence-electron chi connectivity index (χ1n) is 12.4. The maximum absolute atomic E-state index is 12.2. The number of nitro benzene ring substituents is 1. The van der Waals surface area contributed by atoms with Gasteiger partial charge in [-0.1, -0.05) is 19.4 Å². The van der Waals surface area contributed by atoms with E-state index in [1.54, 1.807) is 0 Å². The van der Waals surface area contributed by atoms with Crippen LogP contribution in [0.5, 0.6) is 0 Å². The summed E-state index contributed by atoms with van der Waals surface area (Å²) in [4.78, 5) is 39.6. The second-order valence-corrected chi connectivity index (χ2v) is 8.63. The molecule has 1 aliphatic heterocycles. The third-order valence-electron chi connectivity index (χ3n) is 5.93. The standard InChI is InChI=1S/C26H34N4O7/c1-3-4-14-36-25(31)19-28-10-12-29(13-11-28)22-7-5-6-21(18-22)27-23-9-8-20(17-24(23)30(33)34)26(32)37-16-15-35-2/h5-9,17-18,27H,3-4,10-16,19H2,1-2H3. The largest absolute Gasteiger partial charge is 0.465 e. The van der Waals surface area contributed by atoms with Crippen LogP contribution in [0.25, 0.3) is 0 Å². The molecule has 1 heterocycles.